The summed E-state index contributed by atoms with van der Waals surface area (Å²) in [6.07, 6.45) is 3.42. The third kappa shape index (κ3) is 1.65. The van der Waals surface area contributed by atoms with Crippen molar-refractivity contribution in [2.45, 2.75) is 12.5 Å². The predicted molar refractivity (Wildman–Crippen MR) is 91.7 cm³/mol. The Morgan fingerprint density at radius 3 is 2.69 bits per heavy atom. The Morgan fingerprint density at radius 1 is 1.04 bits per heavy atom. The van der Waals surface area contributed by atoms with E-state index in [9.17, 15) is 14.7 Å². The molecule has 128 valence electrons. The molecule has 1 spiro atoms. The molecule has 0 bridgehead atoms. The van der Waals surface area contributed by atoms with Gasteiger partial charge in [0.1, 0.15) is 23.2 Å². The zero-order valence-corrected chi connectivity index (χ0v) is 13.9. The van der Waals surface area contributed by atoms with Crippen LogP contribution in [0, 0.1) is 5.92 Å². The standard InChI is InChI=1S/C21H14O5/c1-11-9-10-16-18(19(11)23)21(17-14(22)7-4-8-15(17)25-16)13-6-3-2-5-12(13)20(24)26-21/h2-10,18,22H,1H3. The summed E-state index contributed by atoms with van der Waals surface area (Å²) in [7, 11) is 0. The quantitative estimate of drug-likeness (QED) is 0.742. The van der Waals surface area contributed by atoms with Gasteiger partial charge in [0.05, 0.1) is 11.1 Å². The van der Waals surface area contributed by atoms with Crippen molar-refractivity contribution in [1.29, 1.82) is 0 Å². The van der Waals surface area contributed by atoms with E-state index < -0.39 is 17.5 Å². The first-order valence-electron chi connectivity index (χ1n) is 8.30. The number of ketones is 1. The van der Waals surface area contributed by atoms with Gasteiger partial charge in [-0.25, -0.2) is 4.79 Å². The fraction of sp³-hybridized carbons (Fsp3) is 0.143. The summed E-state index contributed by atoms with van der Waals surface area (Å²) >= 11 is 0. The Morgan fingerprint density at radius 2 is 1.85 bits per heavy atom. The number of fused-ring (bicyclic) bond motifs is 6. The molecular weight excluding hydrogens is 332 g/mol. The summed E-state index contributed by atoms with van der Waals surface area (Å²) in [5.41, 5.74) is 0.368. The van der Waals surface area contributed by atoms with Crippen molar-refractivity contribution in [1.82, 2.24) is 0 Å². The number of esters is 1. The van der Waals surface area contributed by atoms with Crippen LogP contribution in [-0.4, -0.2) is 16.9 Å². The van der Waals surface area contributed by atoms with Crippen LogP contribution in [0.5, 0.6) is 11.5 Å². The van der Waals surface area contributed by atoms with Crippen molar-refractivity contribution in [2.75, 3.05) is 0 Å². The highest BCUT2D eigenvalue weighted by Crippen LogP contribution is 2.58. The maximum absolute atomic E-state index is 13.1. The van der Waals surface area contributed by atoms with Crippen molar-refractivity contribution < 1.29 is 24.2 Å². The number of phenols is 1. The van der Waals surface area contributed by atoms with Crippen LogP contribution < -0.4 is 4.74 Å². The fourth-order valence-corrected chi connectivity index (χ4v) is 4.11. The summed E-state index contributed by atoms with van der Waals surface area (Å²) in [4.78, 5) is 25.7. The lowest BCUT2D eigenvalue weighted by Gasteiger charge is -2.42. The van der Waals surface area contributed by atoms with E-state index in [2.05, 4.69) is 0 Å². The molecule has 2 aromatic rings. The van der Waals surface area contributed by atoms with Crippen molar-refractivity contribution in [3.63, 3.8) is 0 Å². The van der Waals surface area contributed by atoms with E-state index >= 15 is 0 Å². The van der Waals surface area contributed by atoms with Crippen molar-refractivity contribution in [2.24, 2.45) is 5.92 Å². The van der Waals surface area contributed by atoms with Crippen molar-refractivity contribution in [3.05, 3.63) is 82.6 Å². The largest absolute Gasteiger partial charge is 0.507 e. The minimum atomic E-state index is -1.44. The van der Waals surface area contributed by atoms with Gasteiger partial charge in [0.25, 0.3) is 0 Å². The summed E-state index contributed by atoms with van der Waals surface area (Å²) in [6.45, 7) is 1.71. The molecule has 5 rings (SSSR count). The van der Waals surface area contributed by atoms with Gasteiger partial charge in [0.2, 0.25) is 0 Å². The number of rotatable bonds is 0. The number of ether oxygens (including phenoxy) is 2. The number of Topliss-reactive ketones (excluding diaryl/α,β-unsaturated/α-hetero) is 1. The molecule has 2 aliphatic heterocycles. The number of phenolic OH excluding ortho intramolecular Hbond substituents is 1. The lowest BCUT2D eigenvalue weighted by atomic mass is 9.68. The first kappa shape index (κ1) is 15.0. The molecule has 0 amide bonds. The van der Waals surface area contributed by atoms with E-state index in [4.69, 9.17) is 9.47 Å². The number of carbonyl (C=O) groups is 2. The molecule has 0 saturated heterocycles. The second kappa shape index (κ2) is 4.85. The molecule has 26 heavy (non-hydrogen) atoms. The number of aromatic hydroxyl groups is 1. The van der Waals surface area contributed by atoms with Crippen LogP contribution in [0.4, 0.5) is 0 Å². The maximum atomic E-state index is 13.1. The normalized spacial score (nSPS) is 25.5. The molecule has 0 fully saturated rings. The molecule has 1 N–H and O–H groups in total. The molecule has 5 nitrogen and oxygen atoms in total. The van der Waals surface area contributed by atoms with Gasteiger partial charge >= 0.3 is 5.97 Å². The van der Waals surface area contributed by atoms with Crippen molar-refractivity contribution >= 4 is 11.8 Å². The molecule has 0 saturated carbocycles. The number of hydrogen-bond donors (Lipinski definition) is 1. The van der Waals surface area contributed by atoms with E-state index in [1.807, 2.05) is 0 Å². The lowest BCUT2D eigenvalue weighted by molar-refractivity contribution is -0.127. The van der Waals surface area contributed by atoms with Gasteiger partial charge in [-0.3, -0.25) is 4.79 Å². The third-order valence-electron chi connectivity index (χ3n) is 5.24. The average molecular weight is 346 g/mol. The molecule has 5 heteroatoms. The second-order valence-electron chi connectivity index (χ2n) is 6.64. The molecular formula is C21H14O5. The molecule has 2 unspecified atom stereocenters. The highest BCUT2D eigenvalue weighted by atomic mass is 16.6. The van der Waals surface area contributed by atoms with E-state index in [0.29, 0.717) is 33.8 Å². The Bertz CT molecular complexity index is 1060. The topological polar surface area (TPSA) is 72.8 Å². The van der Waals surface area contributed by atoms with E-state index in [1.54, 1.807) is 55.5 Å². The van der Waals surface area contributed by atoms with Crippen LogP contribution in [0.25, 0.3) is 0 Å². The van der Waals surface area contributed by atoms with Gasteiger partial charge in [0, 0.05) is 5.56 Å². The number of hydrogen-bond acceptors (Lipinski definition) is 5. The van der Waals surface area contributed by atoms with Gasteiger partial charge in [-0.1, -0.05) is 30.3 Å². The smallest absolute Gasteiger partial charge is 0.339 e. The lowest BCUT2D eigenvalue weighted by Crippen LogP contribution is -2.47. The highest BCUT2D eigenvalue weighted by Gasteiger charge is 2.61. The van der Waals surface area contributed by atoms with Gasteiger partial charge in [-0.15, -0.1) is 0 Å². The Kier molecular flexibility index (Phi) is 2.79. The zero-order chi connectivity index (χ0) is 18.1. The molecule has 0 radical (unpaired) electrons. The summed E-state index contributed by atoms with van der Waals surface area (Å²) in [5, 5.41) is 10.6. The number of benzene rings is 2. The van der Waals surface area contributed by atoms with Crippen LogP contribution in [0.3, 0.4) is 0 Å². The molecule has 3 aliphatic rings. The van der Waals surface area contributed by atoms with E-state index in [0.717, 1.165) is 0 Å². The Labute approximate surface area is 149 Å². The van der Waals surface area contributed by atoms with E-state index in [1.165, 1.54) is 6.07 Å². The van der Waals surface area contributed by atoms with Crippen LogP contribution in [0.15, 0.2) is 65.9 Å². The average Bonchev–Trinajstić information content (AvgIpc) is 2.92. The van der Waals surface area contributed by atoms with Crippen molar-refractivity contribution in [3.8, 4) is 11.5 Å². The molecule has 2 atom stereocenters. The third-order valence-corrected chi connectivity index (χ3v) is 5.24. The number of allylic oxidation sites excluding steroid dienone is 3. The Hall–Kier alpha value is -3.34. The molecule has 2 aromatic carbocycles. The zero-order valence-electron chi connectivity index (χ0n) is 13.9. The first-order valence-corrected chi connectivity index (χ1v) is 8.30. The highest BCUT2D eigenvalue weighted by molar-refractivity contribution is 6.04. The van der Waals surface area contributed by atoms with Gasteiger partial charge in [0.15, 0.2) is 11.4 Å². The summed E-state index contributed by atoms with van der Waals surface area (Å²) in [6, 6.07) is 11.8. The van der Waals surface area contributed by atoms with Gasteiger partial charge < -0.3 is 14.6 Å². The molecule has 0 aromatic heterocycles. The first-order chi connectivity index (χ1) is 12.5. The SMILES string of the molecule is CC1=CC=C2Oc3cccc(O)c3C3(OC(=O)c4ccccc43)C2C1=O. The fourth-order valence-electron chi connectivity index (χ4n) is 4.11. The second-order valence-corrected chi connectivity index (χ2v) is 6.64. The molecule has 2 heterocycles. The minimum Gasteiger partial charge on any atom is -0.507 e. The Balaban J connectivity index is 1.92. The van der Waals surface area contributed by atoms with Crippen LogP contribution in [0.1, 0.15) is 28.4 Å². The summed E-state index contributed by atoms with van der Waals surface area (Å²) < 4.78 is 11.8. The summed E-state index contributed by atoms with van der Waals surface area (Å²) in [5.74, 6) is -0.884. The van der Waals surface area contributed by atoms with Gasteiger partial charge in [-0.05, 0) is 36.8 Å². The van der Waals surface area contributed by atoms with Gasteiger partial charge in [-0.2, -0.15) is 0 Å². The van der Waals surface area contributed by atoms with Crippen LogP contribution in [-0.2, 0) is 15.1 Å². The molecule has 1 aliphatic carbocycles. The monoisotopic (exact) mass is 346 g/mol. The minimum absolute atomic E-state index is 0.0777. The van der Waals surface area contributed by atoms with E-state index in [-0.39, 0.29) is 11.5 Å². The number of carbonyl (C=O) groups excluding carboxylic acids is 2. The van der Waals surface area contributed by atoms with Crippen LogP contribution >= 0.6 is 0 Å². The maximum Gasteiger partial charge on any atom is 0.339 e. The predicted octanol–water partition coefficient (Wildman–Crippen LogP) is 3.23. The van der Waals surface area contributed by atoms with Crippen LogP contribution in [0.2, 0.25) is 0 Å².